The topological polar surface area (TPSA) is 106 Å². The van der Waals surface area contributed by atoms with Crippen LogP contribution in [-0.2, 0) is 17.5 Å². The molecule has 1 fully saturated rings. The highest BCUT2D eigenvalue weighted by Gasteiger charge is 2.30. The maximum absolute atomic E-state index is 12.8. The highest BCUT2D eigenvalue weighted by Crippen LogP contribution is 2.29. The minimum atomic E-state index is -4.40. The lowest BCUT2D eigenvalue weighted by Gasteiger charge is -2.34. The van der Waals surface area contributed by atoms with Crippen molar-refractivity contribution in [1.82, 2.24) is 4.90 Å². The highest BCUT2D eigenvalue weighted by molar-refractivity contribution is 6.11. The van der Waals surface area contributed by atoms with Crippen molar-refractivity contribution in [3.63, 3.8) is 0 Å². The predicted octanol–water partition coefficient (Wildman–Crippen LogP) is 4.18. The molecule has 212 valence electrons. The number of halogens is 3. The quantitative estimate of drug-likeness (QED) is 0.177. The number of carbonyl (C=O) groups is 1. The van der Waals surface area contributed by atoms with Crippen LogP contribution in [0.1, 0.15) is 27.0 Å². The van der Waals surface area contributed by atoms with Gasteiger partial charge in [0, 0.05) is 54.7 Å². The van der Waals surface area contributed by atoms with Crippen LogP contribution in [0.15, 0.2) is 71.7 Å². The van der Waals surface area contributed by atoms with Crippen molar-refractivity contribution in [2.75, 3.05) is 57.1 Å². The molecule has 0 radical (unpaired) electrons. The van der Waals surface area contributed by atoms with Gasteiger partial charge in [-0.2, -0.15) is 18.2 Å². The standard InChI is InChI=1S/C29H32F3N5O3/c1-36-11-13-37(14-12-36)23-7-5-21(6-8-23)28(38)35-27(34)25-10-9-24(18-26(25)33)40-16-15-39-19-20-3-2-4-22(17-20)29(30,31)32/h2-10,17-18H,11-16,19,33H2,1H3,(H2,34,35,38). The number of benzene rings is 3. The molecule has 0 bridgehead atoms. The van der Waals surface area contributed by atoms with Crippen LogP contribution in [0.3, 0.4) is 0 Å². The second kappa shape index (κ2) is 12.8. The molecule has 0 saturated carbocycles. The van der Waals surface area contributed by atoms with E-state index in [9.17, 15) is 18.0 Å². The summed E-state index contributed by atoms with van der Waals surface area (Å²) < 4.78 is 49.5. The summed E-state index contributed by atoms with van der Waals surface area (Å²) in [5, 5.41) is 0. The minimum absolute atomic E-state index is 0.0124. The molecule has 1 amide bonds. The molecule has 1 aliphatic heterocycles. The molecule has 3 aromatic carbocycles. The van der Waals surface area contributed by atoms with E-state index in [-0.39, 0.29) is 31.3 Å². The number of rotatable bonds is 9. The van der Waals surface area contributed by atoms with E-state index < -0.39 is 17.6 Å². The zero-order valence-corrected chi connectivity index (χ0v) is 22.2. The molecule has 1 saturated heterocycles. The van der Waals surface area contributed by atoms with E-state index in [2.05, 4.69) is 21.8 Å². The normalized spacial score (nSPS) is 14.8. The number of nitrogens with two attached hydrogens (primary N) is 2. The van der Waals surface area contributed by atoms with Gasteiger partial charge in [-0.15, -0.1) is 0 Å². The first kappa shape index (κ1) is 28.9. The monoisotopic (exact) mass is 555 g/mol. The summed E-state index contributed by atoms with van der Waals surface area (Å²) in [6.07, 6.45) is -4.40. The average molecular weight is 556 g/mol. The third-order valence-electron chi connectivity index (χ3n) is 6.52. The third kappa shape index (κ3) is 7.73. The van der Waals surface area contributed by atoms with E-state index in [1.165, 1.54) is 6.07 Å². The van der Waals surface area contributed by atoms with Crippen molar-refractivity contribution in [2.24, 2.45) is 10.7 Å². The zero-order valence-electron chi connectivity index (χ0n) is 22.2. The molecule has 8 nitrogen and oxygen atoms in total. The molecular weight excluding hydrogens is 523 g/mol. The van der Waals surface area contributed by atoms with Crippen molar-refractivity contribution < 1.29 is 27.4 Å². The second-order valence-electron chi connectivity index (χ2n) is 9.49. The molecule has 0 aliphatic carbocycles. The Morgan fingerprint density at radius 1 is 0.975 bits per heavy atom. The van der Waals surface area contributed by atoms with Gasteiger partial charge in [-0.05, 0) is 61.1 Å². The van der Waals surface area contributed by atoms with Gasteiger partial charge in [0.1, 0.15) is 18.2 Å². The number of alkyl halides is 3. The molecule has 0 unspecified atom stereocenters. The summed E-state index contributed by atoms with van der Waals surface area (Å²) in [7, 11) is 2.10. The smallest absolute Gasteiger partial charge is 0.416 e. The summed E-state index contributed by atoms with van der Waals surface area (Å²) in [4.78, 5) is 21.3. The number of anilines is 2. The molecule has 3 aromatic rings. The van der Waals surface area contributed by atoms with E-state index in [0.29, 0.717) is 22.4 Å². The second-order valence-corrected chi connectivity index (χ2v) is 9.49. The fourth-order valence-electron chi connectivity index (χ4n) is 4.22. The third-order valence-corrected chi connectivity index (χ3v) is 6.52. The Balaban J connectivity index is 1.27. The van der Waals surface area contributed by atoms with E-state index in [4.69, 9.17) is 20.9 Å². The molecule has 0 spiro atoms. The van der Waals surface area contributed by atoms with Gasteiger partial charge in [-0.1, -0.05) is 12.1 Å². The molecule has 1 aliphatic rings. The number of amidine groups is 1. The molecule has 0 aromatic heterocycles. The van der Waals surface area contributed by atoms with Gasteiger partial charge in [-0.25, -0.2) is 0 Å². The lowest BCUT2D eigenvalue weighted by atomic mass is 10.1. The molecule has 1 heterocycles. The SMILES string of the molecule is CN1CCN(c2ccc(C(=O)N=C(N)c3ccc(OCCOCc4cccc(C(F)(F)F)c4)cc3N)cc2)CC1. The summed E-state index contributed by atoms with van der Waals surface area (Å²) in [6.45, 7) is 4.18. The van der Waals surface area contributed by atoms with Crippen molar-refractivity contribution >= 4 is 23.1 Å². The van der Waals surface area contributed by atoms with E-state index in [0.717, 1.165) is 44.0 Å². The lowest BCUT2D eigenvalue weighted by molar-refractivity contribution is -0.137. The van der Waals surface area contributed by atoms with Crippen molar-refractivity contribution in [1.29, 1.82) is 0 Å². The number of hydrogen-bond donors (Lipinski definition) is 2. The van der Waals surface area contributed by atoms with E-state index >= 15 is 0 Å². The van der Waals surface area contributed by atoms with Crippen LogP contribution in [-0.4, -0.2) is 63.1 Å². The molecule has 11 heteroatoms. The van der Waals surface area contributed by atoms with Crippen LogP contribution in [0.5, 0.6) is 5.75 Å². The Morgan fingerprint density at radius 3 is 2.38 bits per heavy atom. The van der Waals surface area contributed by atoms with Gasteiger partial charge in [-0.3, -0.25) is 4.79 Å². The van der Waals surface area contributed by atoms with Gasteiger partial charge in [0.05, 0.1) is 18.8 Å². The van der Waals surface area contributed by atoms with Crippen LogP contribution >= 0.6 is 0 Å². The van der Waals surface area contributed by atoms with Gasteiger partial charge >= 0.3 is 6.18 Å². The Morgan fingerprint density at radius 2 is 1.70 bits per heavy atom. The number of nitrogen functional groups attached to an aromatic ring is 1. The van der Waals surface area contributed by atoms with Crippen molar-refractivity contribution in [3.8, 4) is 5.75 Å². The first-order valence-corrected chi connectivity index (χ1v) is 12.8. The maximum atomic E-state index is 12.8. The Labute approximate surface area is 231 Å². The Bertz CT molecular complexity index is 1340. The summed E-state index contributed by atoms with van der Waals surface area (Å²) in [5.41, 5.74) is 14.1. The zero-order chi connectivity index (χ0) is 28.7. The molecule has 0 atom stereocenters. The van der Waals surface area contributed by atoms with Crippen LogP contribution in [0.25, 0.3) is 0 Å². The lowest BCUT2D eigenvalue weighted by Crippen LogP contribution is -2.44. The number of amides is 1. The molecule has 4 N–H and O–H groups in total. The molecular formula is C29H32F3N5O3. The van der Waals surface area contributed by atoms with Crippen LogP contribution in [0.2, 0.25) is 0 Å². The Kier molecular flexibility index (Phi) is 9.28. The summed E-state index contributed by atoms with van der Waals surface area (Å²) in [6, 6.07) is 17.1. The number of nitrogens with zero attached hydrogens (tertiary/aromatic N) is 3. The van der Waals surface area contributed by atoms with Crippen molar-refractivity contribution in [2.45, 2.75) is 12.8 Å². The first-order chi connectivity index (χ1) is 19.1. The predicted molar refractivity (Wildman–Crippen MR) is 149 cm³/mol. The van der Waals surface area contributed by atoms with E-state index in [1.807, 2.05) is 12.1 Å². The fraction of sp³-hybridized carbons (Fsp3) is 0.310. The number of hydrogen-bond acceptors (Lipinski definition) is 6. The first-order valence-electron chi connectivity index (χ1n) is 12.8. The number of ether oxygens (including phenoxy) is 2. The largest absolute Gasteiger partial charge is 0.491 e. The van der Waals surface area contributed by atoms with Crippen LogP contribution in [0.4, 0.5) is 24.5 Å². The van der Waals surface area contributed by atoms with Crippen LogP contribution in [0, 0.1) is 0 Å². The number of carbonyl (C=O) groups excluding carboxylic acids is 1. The summed E-state index contributed by atoms with van der Waals surface area (Å²) >= 11 is 0. The minimum Gasteiger partial charge on any atom is -0.491 e. The number of aliphatic imine (C=N–C) groups is 1. The Hall–Kier alpha value is -4.09. The highest BCUT2D eigenvalue weighted by atomic mass is 19.4. The van der Waals surface area contributed by atoms with Crippen molar-refractivity contribution in [3.05, 3.63) is 89.0 Å². The number of piperazine rings is 1. The van der Waals surface area contributed by atoms with Gasteiger partial charge in [0.15, 0.2) is 0 Å². The van der Waals surface area contributed by atoms with Gasteiger partial charge in [0.25, 0.3) is 5.91 Å². The maximum Gasteiger partial charge on any atom is 0.416 e. The van der Waals surface area contributed by atoms with Gasteiger partial charge < -0.3 is 30.7 Å². The molecule has 4 rings (SSSR count). The summed E-state index contributed by atoms with van der Waals surface area (Å²) in [5.74, 6) is -0.0378. The van der Waals surface area contributed by atoms with Crippen LogP contribution < -0.4 is 21.1 Å². The van der Waals surface area contributed by atoms with Gasteiger partial charge in [0.2, 0.25) is 0 Å². The van der Waals surface area contributed by atoms with E-state index in [1.54, 1.807) is 36.4 Å². The average Bonchev–Trinajstić information content (AvgIpc) is 2.93. The number of likely N-dealkylation sites (N-methyl/N-ethyl adjacent to an activating group) is 1. The molecule has 40 heavy (non-hydrogen) atoms. The fourth-order valence-corrected chi connectivity index (χ4v) is 4.22.